The Bertz CT molecular complexity index is 911. The summed E-state index contributed by atoms with van der Waals surface area (Å²) in [6.45, 7) is 1.72. The molecule has 6 heteroatoms. The topological polar surface area (TPSA) is 90.2 Å². The molecule has 0 bridgehead atoms. The maximum atomic E-state index is 10.8. The SMILES string of the molecule is CCc1ccc(Cc2cc([C@@H]3O[C@H](CO)[C@@H](O)[C@H](O)[C@H]3O)c3c(c2Br)CCCC3)cc1. The summed E-state index contributed by atoms with van der Waals surface area (Å²) in [7, 11) is 0. The quantitative estimate of drug-likeness (QED) is 0.517. The summed E-state index contributed by atoms with van der Waals surface area (Å²) in [6, 6.07) is 10.7. The van der Waals surface area contributed by atoms with Crippen LogP contribution in [0.25, 0.3) is 0 Å². The lowest BCUT2D eigenvalue weighted by Gasteiger charge is -2.41. The van der Waals surface area contributed by atoms with E-state index in [1.165, 1.54) is 16.7 Å². The van der Waals surface area contributed by atoms with Crippen LogP contribution in [0.3, 0.4) is 0 Å². The minimum Gasteiger partial charge on any atom is -0.394 e. The van der Waals surface area contributed by atoms with Gasteiger partial charge < -0.3 is 25.2 Å². The first-order valence-corrected chi connectivity index (χ1v) is 11.9. The average molecular weight is 491 g/mol. The molecule has 5 nitrogen and oxygen atoms in total. The maximum Gasteiger partial charge on any atom is 0.113 e. The molecular weight excluding hydrogens is 460 g/mol. The summed E-state index contributed by atoms with van der Waals surface area (Å²) >= 11 is 3.84. The minimum absolute atomic E-state index is 0.420. The van der Waals surface area contributed by atoms with E-state index in [9.17, 15) is 20.4 Å². The van der Waals surface area contributed by atoms with E-state index < -0.39 is 37.1 Å². The van der Waals surface area contributed by atoms with E-state index in [2.05, 4.69) is 53.2 Å². The Hall–Kier alpha value is -1.28. The van der Waals surface area contributed by atoms with Gasteiger partial charge in [0.05, 0.1) is 6.61 Å². The van der Waals surface area contributed by atoms with Crippen molar-refractivity contribution in [2.45, 2.75) is 76.0 Å². The van der Waals surface area contributed by atoms with Crippen LogP contribution >= 0.6 is 15.9 Å². The van der Waals surface area contributed by atoms with Crippen molar-refractivity contribution < 1.29 is 25.2 Å². The second kappa shape index (κ2) is 9.69. The fourth-order valence-electron chi connectivity index (χ4n) is 4.85. The smallest absolute Gasteiger partial charge is 0.113 e. The van der Waals surface area contributed by atoms with Gasteiger partial charge in [0, 0.05) is 4.47 Å². The van der Waals surface area contributed by atoms with Crippen molar-refractivity contribution in [3.05, 3.63) is 68.2 Å². The lowest BCUT2D eigenvalue weighted by Crippen LogP contribution is -2.55. The standard InChI is InChI=1S/C25H31BrO5/c1-2-14-7-9-15(10-8-14)11-16-12-19(17-5-3-4-6-18(17)21(16)26)25-24(30)23(29)22(28)20(13-27)31-25/h7-10,12,20,22-25,27-30H,2-6,11,13H2,1H3/t20-,22-,23+,24-,25+/m1/s1. The fourth-order valence-corrected chi connectivity index (χ4v) is 5.54. The molecular formula is C25H31BrO5. The van der Waals surface area contributed by atoms with Gasteiger partial charge in [-0.1, -0.05) is 53.2 Å². The van der Waals surface area contributed by atoms with E-state index in [0.29, 0.717) is 0 Å². The fraction of sp³-hybridized carbons (Fsp3) is 0.520. The molecule has 4 N–H and O–H groups in total. The molecule has 0 amide bonds. The van der Waals surface area contributed by atoms with Crippen LogP contribution in [0, 0.1) is 0 Å². The molecule has 0 spiro atoms. The number of benzene rings is 2. The molecule has 5 atom stereocenters. The van der Waals surface area contributed by atoms with Crippen LogP contribution < -0.4 is 0 Å². The molecule has 0 aromatic heterocycles. The van der Waals surface area contributed by atoms with Gasteiger partial charge in [0.25, 0.3) is 0 Å². The van der Waals surface area contributed by atoms with Crippen molar-refractivity contribution in [3.8, 4) is 0 Å². The molecule has 0 radical (unpaired) electrons. The number of hydrogen-bond donors (Lipinski definition) is 4. The first kappa shape index (κ1) is 22.9. The van der Waals surface area contributed by atoms with Gasteiger partial charge in [0.1, 0.15) is 30.5 Å². The highest BCUT2D eigenvalue weighted by atomic mass is 79.9. The van der Waals surface area contributed by atoms with Crippen molar-refractivity contribution in [1.82, 2.24) is 0 Å². The second-order valence-corrected chi connectivity index (χ2v) is 9.49. The van der Waals surface area contributed by atoms with Crippen molar-refractivity contribution in [1.29, 1.82) is 0 Å². The van der Waals surface area contributed by atoms with Crippen molar-refractivity contribution in [2.24, 2.45) is 0 Å². The second-order valence-electron chi connectivity index (χ2n) is 8.70. The number of aliphatic hydroxyl groups is 4. The zero-order chi connectivity index (χ0) is 22.1. The molecule has 1 fully saturated rings. The molecule has 2 aliphatic rings. The number of aryl methyl sites for hydroxylation is 1. The maximum absolute atomic E-state index is 10.8. The molecule has 1 heterocycles. The molecule has 1 aliphatic carbocycles. The Morgan fingerprint density at radius 1 is 0.935 bits per heavy atom. The van der Waals surface area contributed by atoms with Gasteiger partial charge in [-0.15, -0.1) is 0 Å². The first-order chi connectivity index (χ1) is 14.9. The zero-order valence-electron chi connectivity index (χ0n) is 17.8. The predicted octanol–water partition coefficient (Wildman–Crippen LogP) is 3.00. The molecule has 0 saturated carbocycles. The monoisotopic (exact) mass is 490 g/mol. The lowest BCUT2D eigenvalue weighted by atomic mass is 9.81. The number of ether oxygens (including phenoxy) is 1. The van der Waals surface area contributed by atoms with Crippen LogP contribution in [0.5, 0.6) is 0 Å². The van der Waals surface area contributed by atoms with E-state index in [1.807, 2.05) is 0 Å². The highest BCUT2D eigenvalue weighted by Gasteiger charge is 2.45. The zero-order valence-corrected chi connectivity index (χ0v) is 19.4. The number of halogens is 1. The lowest BCUT2D eigenvalue weighted by molar-refractivity contribution is -0.231. The largest absolute Gasteiger partial charge is 0.394 e. The van der Waals surface area contributed by atoms with E-state index in [-0.39, 0.29) is 0 Å². The third-order valence-corrected chi connectivity index (χ3v) is 7.71. The number of fused-ring (bicyclic) bond motifs is 1. The van der Waals surface area contributed by atoms with Gasteiger partial charge in [-0.2, -0.15) is 0 Å². The molecule has 1 aliphatic heterocycles. The normalized spacial score (nSPS) is 28.4. The number of hydrogen-bond acceptors (Lipinski definition) is 5. The summed E-state index contributed by atoms with van der Waals surface area (Å²) in [4.78, 5) is 0. The van der Waals surface area contributed by atoms with E-state index in [1.54, 1.807) is 0 Å². The molecule has 4 rings (SSSR count). The van der Waals surface area contributed by atoms with Gasteiger partial charge in [0.15, 0.2) is 0 Å². The van der Waals surface area contributed by atoms with Gasteiger partial charge in [-0.05, 0) is 71.9 Å². The van der Waals surface area contributed by atoms with Crippen LogP contribution in [0.4, 0.5) is 0 Å². The summed E-state index contributed by atoms with van der Waals surface area (Å²) in [5.74, 6) is 0. The van der Waals surface area contributed by atoms with E-state index in [4.69, 9.17) is 4.74 Å². The molecule has 168 valence electrons. The Labute approximate surface area is 191 Å². The molecule has 2 aromatic carbocycles. The summed E-state index contributed by atoms with van der Waals surface area (Å²) in [5, 5.41) is 40.9. The van der Waals surface area contributed by atoms with Gasteiger partial charge >= 0.3 is 0 Å². The third-order valence-electron chi connectivity index (χ3n) is 6.72. The van der Waals surface area contributed by atoms with Crippen LogP contribution in [-0.4, -0.2) is 51.4 Å². The summed E-state index contributed by atoms with van der Waals surface area (Å²) in [5.41, 5.74) is 6.85. The minimum atomic E-state index is -1.37. The van der Waals surface area contributed by atoms with Gasteiger partial charge in [0.2, 0.25) is 0 Å². The molecule has 0 unspecified atom stereocenters. The number of rotatable bonds is 5. The average Bonchev–Trinajstić information content (AvgIpc) is 2.80. The molecule has 31 heavy (non-hydrogen) atoms. The van der Waals surface area contributed by atoms with Crippen LogP contribution in [0.2, 0.25) is 0 Å². The van der Waals surface area contributed by atoms with Gasteiger partial charge in [-0.3, -0.25) is 0 Å². The Morgan fingerprint density at radius 2 is 1.58 bits per heavy atom. The van der Waals surface area contributed by atoms with Crippen molar-refractivity contribution >= 4 is 15.9 Å². The Kier molecular flexibility index (Phi) is 7.16. The highest BCUT2D eigenvalue weighted by Crippen LogP contribution is 2.41. The van der Waals surface area contributed by atoms with E-state index in [0.717, 1.165) is 59.7 Å². The summed E-state index contributed by atoms with van der Waals surface area (Å²) in [6.07, 6.45) is 0.0485. The van der Waals surface area contributed by atoms with Crippen LogP contribution in [0.1, 0.15) is 59.3 Å². The van der Waals surface area contributed by atoms with Crippen molar-refractivity contribution in [3.63, 3.8) is 0 Å². The first-order valence-electron chi connectivity index (χ1n) is 11.2. The Morgan fingerprint density at radius 3 is 2.23 bits per heavy atom. The van der Waals surface area contributed by atoms with Gasteiger partial charge in [-0.25, -0.2) is 0 Å². The predicted molar refractivity (Wildman–Crippen MR) is 122 cm³/mol. The molecule has 1 saturated heterocycles. The van der Waals surface area contributed by atoms with Crippen molar-refractivity contribution in [2.75, 3.05) is 6.61 Å². The molecule has 2 aromatic rings. The number of aliphatic hydroxyl groups excluding tert-OH is 4. The van der Waals surface area contributed by atoms with Crippen LogP contribution in [-0.2, 0) is 30.4 Å². The highest BCUT2D eigenvalue weighted by molar-refractivity contribution is 9.10. The Balaban J connectivity index is 1.75. The third kappa shape index (κ3) is 4.47. The van der Waals surface area contributed by atoms with Crippen LogP contribution in [0.15, 0.2) is 34.8 Å². The van der Waals surface area contributed by atoms with E-state index >= 15 is 0 Å². The summed E-state index contributed by atoms with van der Waals surface area (Å²) < 4.78 is 7.04.